The van der Waals surface area contributed by atoms with Gasteiger partial charge in [0.25, 0.3) is 5.91 Å². The lowest BCUT2D eigenvalue weighted by atomic mass is 10.1. The van der Waals surface area contributed by atoms with Gasteiger partial charge in [-0.15, -0.1) is 0 Å². The first-order chi connectivity index (χ1) is 11.6. The molecule has 5 nitrogen and oxygen atoms in total. The Kier molecular flexibility index (Phi) is 4.90. The van der Waals surface area contributed by atoms with Crippen LogP contribution in [0.15, 0.2) is 47.1 Å². The topological polar surface area (TPSA) is 56.9 Å². The maximum atomic E-state index is 12.6. The van der Waals surface area contributed by atoms with Crippen LogP contribution in [0.1, 0.15) is 41.9 Å². The van der Waals surface area contributed by atoms with Crippen LogP contribution in [0.5, 0.6) is 0 Å². The summed E-state index contributed by atoms with van der Waals surface area (Å²) in [6.07, 6.45) is 3.03. The summed E-state index contributed by atoms with van der Waals surface area (Å²) in [7, 11) is 1.79. The third-order valence-electron chi connectivity index (χ3n) is 4.80. The molecule has 3 rings (SSSR count). The van der Waals surface area contributed by atoms with Crippen LogP contribution < -0.4 is 4.90 Å². The highest BCUT2D eigenvalue weighted by Gasteiger charge is 2.21. The van der Waals surface area contributed by atoms with Gasteiger partial charge in [0.05, 0.1) is 18.4 Å². The van der Waals surface area contributed by atoms with Gasteiger partial charge in [-0.05, 0) is 56.2 Å². The monoisotopic (exact) mass is 328 g/mol. The average molecular weight is 328 g/mol. The quantitative estimate of drug-likeness (QED) is 0.937. The van der Waals surface area contributed by atoms with Gasteiger partial charge in [-0.2, -0.15) is 0 Å². The molecule has 1 N–H and O–H groups in total. The van der Waals surface area contributed by atoms with E-state index in [4.69, 9.17) is 4.42 Å². The molecular formula is C19H24N2O3. The lowest BCUT2D eigenvalue weighted by Gasteiger charge is -2.31. The summed E-state index contributed by atoms with van der Waals surface area (Å²) < 4.78 is 5.39. The summed E-state index contributed by atoms with van der Waals surface area (Å²) in [4.78, 5) is 16.6. The van der Waals surface area contributed by atoms with Crippen LogP contribution in [-0.2, 0) is 0 Å². The van der Waals surface area contributed by atoms with Crippen molar-refractivity contribution in [1.82, 2.24) is 4.90 Å². The predicted molar refractivity (Wildman–Crippen MR) is 93.1 cm³/mol. The Labute approximate surface area is 142 Å². The number of hydrogen-bond acceptors (Lipinski definition) is 4. The normalized spacial score (nSPS) is 16.9. The van der Waals surface area contributed by atoms with Gasteiger partial charge in [0.1, 0.15) is 5.76 Å². The Bertz CT molecular complexity index is 658. The van der Waals surface area contributed by atoms with Gasteiger partial charge < -0.3 is 19.3 Å². The Balaban J connectivity index is 1.67. The minimum atomic E-state index is -0.182. The molecule has 1 atom stereocenters. The standard InChI is InChI=1S/C19H24N2O3/c1-14(18-4-3-13-24-18)20(2)19(23)15-5-7-16(8-6-15)21-11-9-17(22)10-12-21/h3-8,13-14,17,22H,9-12H2,1-2H3. The zero-order chi connectivity index (χ0) is 17.1. The second kappa shape index (κ2) is 7.09. The zero-order valence-electron chi connectivity index (χ0n) is 14.2. The van der Waals surface area contributed by atoms with Crippen LogP contribution in [-0.4, -0.2) is 42.2 Å². The molecular weight excluding hydrogens is 304 g/mol. The molecule has 128 valence electrons. The van der Waals surface area contributed by atoms with E-state index in [0.29, 0.717) is 5.56 Å². The number of anilines is 1. The minimum Gasteiger partial charge on any atom is -0.467 e. The molecule has 1 fully saturated rings. The minimum absolute atomic E-state index is 0.0282. The van der Waals surface area contributed by atoms with Crippen molar-refractivity contribution in [2.75, 3.05) is 25.0 Å². The number of carbonyl (C=O) groups is 1. The fourth-order valence-electron chi connectivity index (χ4n) is 3.04. The molecule has 1 saturated heterocycles. The van der Waals surface area contributed by atoms with Gasteiger partial charge in [0, 0.05) is 31.4 Å². The van der Waals surface area contributed by atoms with E-state index in [2.05, 4.69) is 4.90 Å². The van der Waals surface area contributed by atoms with Gasteiger partial charge in [-0.1, -0.05) is 0 Å². The summed E-state index contributed by atoms with van der Waals surface area (Å²) >= 11 is 0. The third-order valence-corrected chi connectivity index (χ3v) is 4.80. The number of aliphatic hydroxyl groups excluding tert-OH is 1. The molecule has 1 aliphatic rings. The first-order valence-electron chi connectivity index (χ1n) is 8.40. The van der Waals surface area contributed by atoms with Crippen LogP contribution in [0, 0.1) is 0 Å². The second-order valence-electron chi connectivity index (χ2n) is 6.37. The van der Waals surface area contributed by atoms with E-state index in [1.54, 1.807) is 18.2 Å². The number of piperidine rings is 1. The van der Waals surface area contributed by atoms with Gasteiger partial charge in [0.2, 0.25) is 0 Å². The zero-order valence-corrected chi connectivity index (χ0v) is 14.2. The van der Waals surface area contributed by atoms with Crippen molar-refractivity contribution in [2.24, 2.45) is 0 Å². The van der Waals surface area contributed by atoms with E-state index < -0.39 is 0 Å². The number of rotatable bonds is 4. The fraction of sp³-hybridized carbons (Fsp3) is 0.421. The maximum absolute atomic E-state index is 12.6. The SMILES string of the molecule is CC(c1ccco1)N(C)C(=O)c1ccc(N2CCC(O)CC2)cc1. The molecule has 1 aromatic carbocycles. The molecule has 1 aliphatic heterocycles. The Morgan fingerprint density at radius 2 is 1.92 bits per heavy atom. The highest BCUT2D eigenvalue weighted by Crippen LogP contribution is 2.24. The molecule has 0 saturated carbocycles. The third kappa shape index (κ3) is 3.46. The van der Waals surface area contributed by atoms with E-state index in [0.717, 1.165) is 37.4 Å². The van der Waals surface area contributed by atoms with Crippen LogP contribution in [0.4, 0.5) is 5.69 Å². The number of benzene rings is 1. The first kappa shape index (κ1) is 16.6. The molecule has 0 radical (unpaired) electrons. The lowest BCUT2D eigenvalue weighted by Crippen LogP contribution is -2.35. The van der Waals surface area contributed by atoms with Crippen molar-refractivity contribution in [3.05, 3.63) is 54.0 Å². The Morgan fingerprint density at radius 1 is 1.25 bits per heavy atom. The molecule has 1 unspecified atom stereocenters. The van der Waals surface area contributed by atoms with Crippen molar-refractivity contribution >= 4 is 11.6 Å². The number of aliphatic hydroxyl groups is 1. The molecule has 24 heavy (non-hydrogen) atoms. The lowest BCUT2D eigenvalue weighted by molar-refractivity contribution is 0.0726. The second-order valence-corrected chi connectivity index (χ2v) is 6.37. The summed E-state index contributed by atoms with van der Waals surface area (Å²) in [6, 6.07) is 11.3. The van der Waals surface area contributed by atoms with Crippen LogP contribution >= 0.6 is 0 Å². The van der Waals surface area contributed by atoms with Crippen molar-refractivity contribution in [3.63, 3.8) is 0 Å². The molecule has 1 aromatic heterocycles. The summed E-state index contributed by atoms with van der Waals surface area (Å²) in [5.74, 6) is 0.744. The van der Waals surface area contributed by atoms with E-state index in [-0.39, 0.29) is 18.1 Å². The summed E-state index contributed by atoms with van der Waals surface area (Å²) in [6.45, 7) is 3.65. The largest absolute Gasteiger partial charge is 0.467 e. The van der Waals surface area contributed by atoms with E-state index in [1.165, 1.54) is 0 Å². The van der Waals surface area contributed by atoms with Crippen molar-refractivity contribution in [2.45, 2.75) is 31.9 Å². The molecule has 2 heterocycles. The van der Waals surface area contributed by atoms with Gasteiger partial charge in [0.15, 0.2) is 0 Å². The smallest absolute Gasteiger partial charge is 0.254 e. The van der Waals surface area contributed by atoms with Crippen molar-refractivity contribution in [3.8, 4) is 0 Å². The molecule has 2 aromatic rings. The molecule has 0 bridgehead atoms. The van der Waals surface area contributed by atoms with Crippen molar-refractivity contribution < 1.29 is 14.3 Å². The number of furan rings is 1. The molecule has 1 amide bonds. The summed E-state index contributed by atoms with van der Waals surface area (Å²) in [5.41, 5.74) is 1.76. The van der Waals surface area contributed by atoms with E-state index >= 15 is 0 Å². The average Bonchev–Trinajstić information content (AvgIpc) is 3.15. The van der Waals surface area contributed by atoms with Crippen LogP contribution in [0.25, 0.3) is 0 Å². The molecule has 0 spiro atoms. The molecule has 5 heteroatoms. The summed E-state index contributed by atoms with van der Waals surface area (Å²) in [5, 5.41) is 9.60. The maximum Gasteiger partial charge on any atom is 0.254 e. The fourth-order valence-corrected chi connectivity index (χ4v) is 3.04. The Morgan fingerprint density at radius 3 is 2.50 bits per heavy atom. The highest BCUT2D eigenvalue weighted by molar-refractivity contribution is 5.94. The van der Waals surface area contributed by atoms with Crippen molar-refractivity contribution in [1.29, 1.82) is 0 Å². The highest BCUT2D eigenvalue weighted by atomic mass is 16.3. The van der Waals surface area contributed by atoms with Gasteiger partial charge in [-0.25, -0.2) is 0 Å². The van der Waals surface area contributed by atoms with Gasteiger partial charge >= 0.3 is 0 Å². The van der Waals surface area contributed by atoms with Crippen LogP contribution in [0.2, 0.25) is 0 Å². The molecule has 0 aliphatic carbocycles. The Hall–Kier alpha value is -2.27. The predicted octanol–water partition coefficient (Wildman–Crippen LogP) is 3.07. The number of amides is 1. The van der Waals surface area contributed by atoms with E-state index in [9.17, 15) is 9.90 Å². The van der Waals surface area contributed by atoms with Gasteiger partial charge in [-0.3, -0.25) is 4.79 Å². The number of nitrogens with zero attached hydrogens (tertiary/aromatic N) is 2. The van der Waals surface area contributed by atoms with E-state index in [1.807, 2.05) is 43.3 Å². The first-order valence-corrected chi connectivity index (χ1v) is 8.40. The number of carbonyl (C=O) groups excluding carboxylic acids is 1. The number of hydrogen-bond donors (Lipinski definition) is 1. The van der Waals surface area contributed by atoms with Crippen LogP contribution in [0.3, 0.4) is 0 Å².